The molecule has 0 aromatic rings. The summed E-state index contributed by atoms with van der Waals surface area (Å²) in [7, 11) is 0. The molecule has 0 bridgehead atoms. The first kappa shape index (κ1) is 28.9. The smallest absolute Gasteiger partial charge is 0.305 e. The van der Waals surface area contributed by atoms with Gasteiger partial charge >= 0.3 is 11.9 Å². The molecule has 6 heteroatoms. The molecule has 0 spiro atoms. The van der Waals surface area contributed by atoms with Crippen LogP contribution in [0.2, 0.25) is 0 Å². The number of hydrogen-bond donors (Lipinski definition) is 0. The van der Waals surface area contributed by atoms with Gasteiger partial charge in [-0.2, -0.15) is 0 Å². The predicted molar refractivity (Wildman–Crippen MR) is 120 cm³/mol. The van der Waals surface area contributed by atoms with E-state index in [0.717, 1.165) is 12.8 Å². The molecule has 0 aromatic heterocycles. The molecule has 0 unspecified atom stereocenters. The van der Waals surface area contributed by atoms with Crippen molar-refractivity contribution in [2.24, 2.45) is 0 Å². The maximum Gasteiger partial charge on any atom is 0.305 e. The van der Waals surface area contributed by atoms with E-state index in [-0.39, 0.29) is 25.2 Å². The molecule has 0 N–H and O–H groups in total. The first-order valence-corrected chi connectivity index (χ1v) is 12.1. The van der Waals surface area contributed by atoms with E-state index in [1.807, 2.05) is 0 Å². The van der Waals surface area contributed by atoms with Crippen molar-refractivity contribution in [2.75, 3.05) is 39.6 Å². The van der Waals surface area contributed by atoms with E-state index in [0.29, 0.717) is 32.8 Å². The summed E-state index contributed by atoms with van der Waals surface area (Å²) in [5, 5.41) is 0. The Labute approximate surface area is 184 Å². The van der Waals surface area contributed by atoms with Crippen molar-refractivity contribution in [3.63, 3.8) is 0 Å². The van der Waals surface area contributed by atoms with E-state index in [1.165, 1.54) is 77.6 Å². The van der Waals surface area contributed by atoms with Crippen LogP contribution in [0.15, 0.2) is 0 Å². The molecule has 0 saturated heterocycles. The third-order valence-electron chi connectivity index (χ3n) is 4.88. The standard InChI is InChI=1S/C24H46O6/c1-3-4-5-6-7-8-9-10-11-12-13-14-15-16-24(26)30-22-20-28-18-17-27-19-21-29-23(2)25/h3-22H2,1-2H3. The van der Waals surface area contributed by atoms with Crippen molar-refractivity contribution in [1.82, 2.24) is 0 Å². The van der Waals surface area contributed by atoms with Crippen LogP contribution in [0.1, 0.15) is 104 Å². The summed E-state index contributed by atoms with van der Waals surface area (Å²) in [6, 6.07) is 0. The number of esters is 2. The fraction of sp³-hybridized carbons (Fsp3) is 0.917. The van der Waals surface area contributed by atoms with Gasteiger partial charge in [0.15, 0.2) is 0 Å². The monoisotopic (exact) mass is 430 g/mol. The van der Waals surface area contributed by atoms with Gasteiger partial charge in [0.1, 0.15) is 13.2 Å². The molecular formula is C24H46O6. The number of carbonyl (C=O) groups excluding carboxylic acids is 2. The van der Waals surface area contributed by atoms with Gasteiger partial charge in [-0.1, -0.05) is 84.0 Å². The van der Waals surface area contributed by atoms with Crippen LogP contribution in [0.3, 0.4) is 0 Å². The minimum absolute atomic E-state index is 0.140. The Morgan fingerprint density at radius 3 is 1.40 bits per heavy atom. The summed E-state index contributed by atoms with van der Waals surface area (Å²) >= 11 is 0. The largest absolute Gasteiger partial charge is 0.463 e. The Bertz CT molecular complexity index is 386. The number of rotatable bonds is 23. The van der Waals surface area contributed by atoms with Crippen molar-refractivity contribution in [2.45, 2.75) is 104 Å². The van der Waals surface area contributed by atoms with E-state index in [2.05, 4.69) is 6.92 Å². The van der Waals surface area contributed by atoms with Crippen molar-refractivity contribution in [3.8, 4) is 0 Å². The summed E-state index contributed by atoms with van der Waals surface area (Å²) in [5.74, 6) is -0.449. The highest BCUT2D eigenvalue weighted by Gasteiger charge is 2.02. The first-order valence-electron chi connectivity index (χ1n) is 12.1. The molecule has 0 rings (SSSR count). The molecule has 0 atom stereocenters. The molecule has 0 aliphatic heterocycles. The summed E-state index contributed by atoms with van der Waals surface area (Å²) in [5.41, 5.74) is 0. The van der Waals surface area contributed by atoms with Gasteiger partial charge in [0.2, 0.25) is 0 Å². The van der Waals surface area contributed by atoms with Crippen molar-refractivity contribution in [3.05, 3.63) is 0 Å². The van der Waals surface area contributed by atoms with E-state index < -0.39 is 0 Å². The van der Waals surface area contributed by atoms with E-state index in [9.17, 15) is 9.59 Å². The lowest BCUT2D eigenvalue weighted by molar-refractivity contribution is -0.146. The summed E-state index contributed by atoms with van der Waals surface area (Å²) in [6.45, 7) is 5.75. The zero-order valence-corrected chi connectivity index (χ0v) is 19.6. The Balaban J connectivity index is 3.16. The van der Waals surface area contributed by atoms with Crippen molar-refractivity contribution in [1.29, 1.82) is 0 Å². The topological polar surface area (TPSA) is 71.1 Å². The predicted octanol–water partition coefficient (Wildman–Crippen LogP) is 5.61. The van der Waals surface area contributed by atoms with Crippen LogP contribution in [0, 0.1) is 0 Å². The maximum absolute atomic E-state index is 11.7. The van der Waals surface area contributed by atoms with Crippen LogP contribution in [-0.4, -0.2) is 51.6 Å². The molecule has 0 amide bonds. The van der Waals surface area contributed by atoms with Crippen LogP contribution < -0.4 is 0 Å². The summed E-state index contributed by atoms with van der Waals surface area (Å²) in [6.07, 6.45) is 17.4. The molecule has 178 valence electrons. The molecule has 30 heavy (non-hydrogen) atoms. The summed E-state index contributed by atoms with van der Waals surface area (Å²) < 4.78 is 20.5. The SMILES string of the molecule is CCCCCCCCCCCCCCCC(=O)OCCOCCOCCOC(C)=O. The third kappa shape index (κ3) is 24.9. The normalized spacial score (nSPS) is 10.9. The lowest BCUT2D eigenvalue weighted by atomic mass is 10.0. The van der Waals surface area contributed by atoms with E-state index in [4.69, 9.17) is 18.9 Å². The Morgan fingerprint density at radius 1 is 0.533 bits per heavy atom. The van der Waals surface area contributed by atoms with Gasteiger partial charge in [0.25, 0.3) is 0 Å². The van der Waals surface area contributed by atoms with Gasteiger partial charge in [-0.25, -0.2) is 0 Å². The number of carbonyl (C=O) groups is 2. The number of unbranched alkanes of at least 4 members (excludes halogenated alkanes) is 12. The van der Waals surface area contributed by atoms with E-state index >= 15 is 0 Å². The minimum Gasteiger partial charge on any atom is -0.463 e. The van der Waals surface area contributed by atoms with E-state index in [1.54, 1.807) is 0 Å². The second-order valence-corrected chi connectivity index (χ2v) is 7.78. The molecule has 6 nitrogen and oxygen atoms in total. The van der Waals surface area contributed by atoms with Crippen LogP contribution in [0.25, 0.3) is 0 Å². The van der Waals surface area contributed by atoms with Crippen LogP contribution in [0.4, 0.5) is 0 Å². The molecule has 0 aromatic carbocycles. The van der Waals surface area contributed by atoms with Gasteiger partial charge in [-0.15, -0.1) is 0 Å². The Morgan fingerprint density at radius 2 is 0.933 bits per heavy atom. The van der Waals surface area contributed by atoms with Gasteiger partial charge in [-0.3, -0.25) is 9.59 Å². The van der Waals surface area contributed by atoms with Crippen LogP contribution >= 0.6 is 0 Å². The van der Waals surface area contributed by atoms with Gasteiger partial charge < -0.3 is 18.9 Å². The summed E-state index contributed by atoms with van der Waals surface area (Å²) in [4.78, 5) is 22.2. The molecule has 0 saturated carbocycles. The fourth-order valence-electron chi connectivity index (χ4n) is 3.14. The highest BCUT2D eigenvalue weighted by atomic mass is 16.6. The maximum atomic E-state index is 11.7. The zero-order valence-electron chi connectivity index (χ0n) is 19.6. The average molecular weight is 431 g/mol. The van der Waals surface area contributed by atoms with Gasteiger partial charge in [0, 0.05) is 13.3 Å². The molecule has 0 heterocycles. The second-order valence-electron chi connectivity index (χ2n) is 7.78. The quantitative estimate of drug-likeness (QED) is 0.155. The highest BCUT2D eigenvalue weighted by molar-refractivity contribution is 5.69. The molecule has 0 fully saturated rings. The molecular weight excluding hydrogens is 384 g/mol. The van der Waals surface area contributed by atoms with Gasteiger partial charge in [-0.05, 0) is 6.42 Å². The Kier molecular flexibility index (Phi) is 23.2. The van der Waals surface area contributed by atoms with Gasteiger partial charge in [0.05, 0.1) is 26.4 Å². The molecule has 0 radical (unpaired) electrons. The molecule has 0 aliphatic carbocycles. The fourth-order valence-corrected chi connectivity index (χ4v) is 3.14. The number of ether oxygens (including phenoxy) is 4. The van der Waals surface area contributed by atoms with Crippen LogP contribution in [-0.2, 0) is 28.5 Å². The average Bonchev–Trinajstić information content (AvgIpc) is 2.72. The third-order valence-corrected chi connectivity index (χ3v) is 4.88. The lowest BCUT2D eigenvalue weighted by Gasteiger charge is -2.07. The first-order chi connectivity index (χ1) is 14.7. The van der Waals surface area contributed by atoms with Crippen LogP contribution in [0.5, 0.6) is 0 Å². The molecule has 0 aliphatic rings. The number of hydrogen-bond acceptors (Lipinski definition) is 6. The van der Waals surface area contributed by atoms with Crippen molar-refractivity contribution >= 4 is 11.9 Å². The minimum atomic E-state index is -0.310. The zero-order chi connectivity index (χ0) is 22.1. The van der Waals surface area contributed by atoms with Crippen molar-refractivity contribution < 1.29 is 28.5 Å². The second kappa shape index (κ2) is 24.1. The highest BCUT2D eigenvalue weighted by Crippen LogP contribution is 2.13. The lowest BCUT2D eigenvalue weighted by Crippen LogP contribution is -2.14. The Hall–Kier alpha value is -1.14.